The molecule has 0 aliphatic rings. The number of rotatable bonds is 3. The zero-order valence-electron chi connectivity index (χ0n) is 8.89. The third kappa shape index (κ3) is 2.25. The Morgan fingerprint density at radius 3 is 3.00 bits per heavy atom. The number of H-pyrrole nitrogens is 1. The molecule has 2 aromatic heterocycles. The van der Waals surface area contributed by atoms with E-state index in [0.29, 0.717) is 11.5 Å². The van der Waals surface area contributed by atoms with Gasteiger partial charge in [-0.15, -0.1) is 11.3 Å². The number of nitrogens with one attached hydrogen (secondary N) is 2. The third-order valence-corrected chi connectivity index (χ3v) is 2.82. The predicted molar refractivity (Wildman–Crippen MR) is 59.1 cm³/mol. The largest absolute Gasteiger partial charge is 0.341 e. The molecule has 1 atom stereocenters. The van der Waals surface area contributed by atoms with E-state index in [2.05, 4.69) is 25.5 Å². The maximum Gasteiger partial charge on any atom is 0.271 e. The number of thiazole rings is 1. The lowest BCUT2D eigenvalue weighted by Gasteiger charge is -2.09. The van der Waals surface area contributed by atoms with E-state index in [-0.39, 0.29) is 11.9 Å². The van der Waals surface area contributed by atoms with Gasteiger partial charge in [-0.1, -0.05) is 0 Å². The molecule has 1 amide bonds. The van der Waals surface area contributed by atoms with Crippen LogP contribution in [0.15, 0.2) is 11.7 Å². The minimum Gasteiger partial charge on any atom is -0.341 e. The summed E-state index contributed by atoms with van der Waals surface area (Å²) < 4.78 is 0. The smallest absolute Gasteiger partial charge is 0.271 e. The van der Waals surface area contributed by atoms with Crippen molar-refractivity contribution in [3.05, 3.63) is 28.2 Å². The van der Waals surface area contributed by atoms with Gasteiger partial charge in [0.15, 0.2) is 0 Å². The van der Waals surface area contributed by atoms with E-state index in [0.717, 1.165) is 5.01 Å². The number of aromatic amines is 1. The second kappa shape index (κ2) is 4.40. The summed E-state index contributed by atoms with van der Waals surface area (Å²) in [5.74, 6) is 0.425. The first-order valence-electron chi connectivity index (χ1n) is 4.75. The molecule has 2 heterocycles. The summed E-state index contributed by atoms with van der Waals surface area (Å²) in [7, 11) is 0. The van der Waals surface area contributed by atoms with Crippen molar-refractivity contribution in [1.29, 1.82) is 0 Å². The number of carbonyl (C=O) groups is 1. The molecular formula is C9H11N5OS. The minimum absolute atomic E-state index is 0.201. The summed E-state index contributed by atoms with van der Waals surface area (Å²) in [5.41, 5.74) is 0.439. The lowest BCUT2D eigenvalue weighted by Crippen LogP contribution is -2.27. The molecule has 0 radical (unpaired) electrons. The lowest BCUT2D eigenvalue weighted by molar-refractivity contribution is 0.0934. The van der Waals surface area contributed by atoms with Crippen LogP contribution in [0.4, 0.5) is 0 Å². The highest BCUT2D eigenvalue weighted by molar-refractivity contribution is 7.09. The Hall–Kier alpha value is -1.76. The molecule has 0 unspecified atom stereocenters. The Kier molecular flexibility index (Phi) is 2.95. The fraction of sp³-hybridized carbons (Fsp3) is 0.333. The maximum absolute atomic E-state index is 11.7. The van der Waals surface area contributed by atoms with E-state index >= 15 is 0 Å². The molecule has 2 aromatic rings. The first-order chi connectivity index (χ1) is 7.66. The number of amides is 1. The average Bonchev–Trinajstić information content (AvgIpc) is 2.87. The van der Waals surface area contributed by atoms with Gasteiger partial charge in [-0.2, -0.15) is 5.10 Å². The van der Waals surface area contributed by atoms with Gasteiger partial charge in [-0.25, -0.2) is 9.97 Å². The van der Waals surface area contributed by atoms with Crippen molar-refractivity contribution in [3.8, 4) is 0 Å². The topological polar surface area (TPSA) is 83.6 Å². The van der Waals surface area contributed by atoms with Crippen LogP contribution in [0, 0.1) is 6.92 Å². The van der Waals surface area contributed by atoms with E-state index in [1.807, 2.05) is 13.8 Å². The van der Waals surface area contributed by atoms with Crippen LogP contribution in [0.1, 0.15) is 34.3 Å². The van der Waals surface area contributed by atoms with Gasteiger partial charge in [0, 0.05) is 5.38 Å². The zero-order chi connectivity index (χ0) is 11.5. The molecule has 0 spiro atoms. The van der Waals surface area contributed by atoms with Crippen molar-refractivity contribution in [1.82, 2.24) is 25.5 Å². The molecule has 0 aliphatic heterocycles. The lowest BCUT2D eigenvalue weighted by atomic mass is 10.3. The Morgan fingerprint density at radius 2 is 2.44 bits per heavy atom. The molecule has 2 rings (SSSR count). The van der Waals surface area contributed by atoms with Gasteiger partial charge in [0.2, 0.25) is 0 Å². The number of carbonyl (C=O) groups excluding carboxylic acids is 1. The summed E-state index contributed by atoms with van der Waals surface area (Å²) in [6.07, 6.45) is 1.41. The fourth-order valence-electron chi connectivity index (χ4n) is 1.23. The van der Waals surface area contributed by atoms with E-state index < -0.39 is 0 Å². The molecule has 0 aromatic carbocycles. The summed E-state index contributed by atoms with van der Waals surface area (Å²) >= 11 is 1.45. The summed E-state index contributed by atoms with van der Waals surface area (Å²) in [5, 5.41) is 11.8. The quantitative estimate of drug-likeness (QED) is 0.836. The van der Waals surface area contributed by atoms with Gasteiger partial charge in [0.1, 0.15) is 17.8 Å². The van der Waals surface area contributed by atoms with Crippen molar-refractivity contribution >= 4 is 17.2 Å². The number of nitrogens with zero attached hydrogens (tertiary/aromatic N) is 3. The van der Waals surface area contributed by atoms with Crippen molar-refractivity contribution in [3.63, 3.8) is 0 Å². The summed E-state index contributed by atoms with van der Waals surface area (Å²) in [6, 6.07) is -0.211. The first-order valence-corrected chi connectivity index (χ1v) is 5.63. The molecule has 0 bridgehead atoms. The van der Waals surface area contributed by atoms with Crippen molar-refractivity contribution in [2.75, 3.05) is 0 Å². The van der Waals surface area contributed by atoms with Crippen LogP contribution in [-0.2, 0) is 0 Å². The van der Waals surface area contributed by atoms with Crippen LogP contribution < -0.4 is 5.32 Å². The fourth-order valence-corrected chi connectivity index (χ4v) is 1.82. The van der Waals surface area contributed by atoms with Gasteiger partial charge >= 0.3 is 0 Å². The zero-order valence-corrected chi connectivity index (χ0v) is 9.71. The Morgan fingerprint density at radius 1 is 1.62 bits per heavy atom. The van der Waals surface area contributed by atoms with Gasteiger partial charge < -0.3 is 5.32 Å². The van der Waals surface area contributed by atoms with Crippen molar-refractivity contribution in [2.45, 2.75) is 19.9 Å². The number of aromatic nitrogens is 4. The number of hydrogen-bond acceptors (Lipinski definition) is 5. The van der Waals surface area contributed by atoms with Crippen molar-refractivity contribution < 1.29 is 4.79 Å². The van der Waals surface area contributed by atoms with Crippen LogP contribution in [0.25, 0.3) is 0 Å². The molecule has 6 nitrogen and oxygen atoms in total. The van der Waals surface area contributed by atoms with E-state index in [4.69, 9.17) is 0 Å². The average molecular weight is 237 g/mol. The van der Waals surface area contributed by atoms with Gasteiger partial charge in [0.05, 0.1) is 11.0 Å². The van der Waals surface area contributed by atoms with E-state index in [9.17, 15) is 4.79 Å². The molecule has 0 fully saturated rings. The Balaban J connectivity index is 2.03. The number of hydrogen-bond donors (Lipinski definition) is 2. The molecule has 2 N–H and O–H groups in total. The van der Waals surface area contributed by atoms with Crippen LogP contribution in [0.2, 0.25) is 0 Å². The third-order valence-electron chi connectivity index (χ3n) is 2.04. The summed E-state index contributed by atoms with van der Waals surface area (Å²) in [6.45, 7) is 3.69. The second-order valence-corrected chi connectivity index (χ2v) is 4.38. The highest BCUT2D eigenvalue weighted by Crippen LogP contribution is 2.10. The second-order valence-electron chi connectivity index (χ2n) is 3.32. The normalized spacial score (nSPS) is 12.4. The molecular weight excluding hydrogens is 226 g/mol. The van der Waals surface area contributed by atoms with Gasteiger partial charge in [-0.3, -0.25) is 9.89 Å². The SMILES string of the molecule is Cc1nc(C(=O)N[C@H](C)c2ncn[nH]2)cs1. The highest BCUT2D eigenvalue weighted by Gasteiger charge is 2.15. The molecule has 16 heavy (non-hydrogen) atoms. The molecule has 0 saturated carbocycles. The maximum atomic E-state index is 11.7. The van der Waals surface area contributed by atoms with Crippen LogP contribution in [0.3, 0.4) is 0 Å². The molecule has 84 valence electrons. The number of aryl methyl sites for hydroxylation is 1. The van der Waals surface area contributed by atoms with Crippen molar-refractivity contribution in [2.24, 2.45) is 0 Å². The standard InChI is InChI=1S/C9H11N5OS/c1-5(8-10-4-11-14-8)12-9(15)7-3-16-6(2)13-7/h3-5H,1-2H3,(H,12,15)(H,10,11,14)/t5-/m1/s1. The molecule has 0 aliphatic carbocycles. The molecule has 7 heteroatoms. The monoisotopic (exact) mass is 237 g/mol. The van der Waals surface area contributed by atoms with E-state index in [1.165, 1.54) is 17.7 Å². The minimum atomic E-state index is -0.211. The first kappa shape index (κ1) is 10.7. The van der Waals surface area contributed by atoms with Crippen LogP contribution in [-0.4, -0.2) is 26.1 Å². The molecule has 0 saturated heterocycles. The van der Waals surface area contributed by atoms with Gasteiger partial charge in [-0.05, 0) is 13.8 Å². The van der Waals surface area contributed by atoms with Crippen LogP contribution in [0.5, 0.6) is 0 Å². The van der Waals surface area contributed by atoms with Crippen LogP contribution >= 0.6 is 11.3 Å². The van der Waals surface area contributed by atoms with Gasteiger partial charge in [0.25, 0.3) is 5.91 Å². The van der Waals surface area contributed by atoms with E-state index in [1.54, 1.807) is 5.38 Å². The predicted octanol–water partition coefficient (Wildman–Crippen LogP) is 1.06. The highest BCUT2D eigenvalue weighted by atomic mass is 32.1. The Labute approximate surface area is 96.1 Å². The Bertz CT molecular complexity index is 478. The summed E-state index contributed by atoms with van der Waals surface area (Å²) in [4.78, 5) is 19.8.